The monoisotopic (exact) mass is 350 g/mol. The molecule has 4 aromatic rings. The van der Waals surface area contributed by atoms with E-state index in [1.165, 1.54) is 27.7 Å². The molecule has 0 atom stereocenters. The SMILES string of the molecule is Cc1ccc(Cc2nnc(NC(=O)c3cnn4ncccc34)s2)cc1. The summed E-state index contributed by atoms with van der Waals surface area (Å²) in [6, 6.07) is 11.8. The van der Waals surface area contributed by atoms with E-state index in [2.05, 4.69) is 56.9 Å². The topological polar surface area (TPSA) is 85.1 Å². The van der Waals surface area contributed by atoms with E-state index in [1.807, 2.05) is 0 Å². The minimum absolute atomic E-state index is 0.277. The van der Waals surface area contributed by atoms with Crippen LogP contribution in [0.5, 0.6) is 0 Å². The summed E-state index contributed by atoms with van der Waals surface area (Å²) in [6.45, 7) is 2.05. The van der Waals surface area contributed by atoms with Gasteiger partial charge in [-0.3, -0.25) is 10.1 Å². The summed E-state index contributed by atoms with van der Waals surface area (Å²) in [4.78, 5) is 12.4. The van der Waals surface area contributed by atoms with Gasteiger partial charge in [0, 0.05) is 12.6 Å². The lowest BCUT2D eigenvalue weighted by atomic mass is 10.1. The molecule has 0 spiro atoms. The quantitative estimate of drug-likeness (QED) is 0.612. The second-order valence-corrected chi connectivity index (χ2v) is 6.64. The van der Waals surface area contributed by atoms with Crippen molar-refractivity contribution in [2.45, 2.75) is 13.3 Å². The smallest absolute Gasteiger partial charge is 0.261 e. The van der Waals surface area contributed by atoms with E-state index in [0.29, 0.717) is 22.6 Å². The molecule has 0 fully saturated rings. The average molecular weight is 350 g/mol. The predicted octanol–water partition coefficient (Wildman–Crippen LogP) is 2.73. The van der Waals surface area contributed by atoms with Crippen molar-refractivity contribution in [3.8, 4) is 0 Å². The molecule has 1 N–H and O–H groups in total. The molecule has 3 aromatic heterocycles. The molecule has 0 aliphatic carbocycles. The fraction of sp³-hybridized carbons (Fsp3) is 0.118. The van der Waals surface area contributed by atoms with Crippen molar-refractivity contribution in [1.29, 1.82) is 0 Å². The zero-order chi connectivity index (χ0) is 17.2. The van der Waals surface area contributed by atoms with E-state index in [1.54, 1.807) is 18.3 Å². The number of carbonyl (C=O) groups is 1. The van der Waals surface area contributed by atoms with E-state index in [-0.39, 0.29) is 5.91 Å². The Morgan fingerprint density at radius 2 is 2.00 bits per heavy atom. The van der Waals surface area contributed by atoms with Gasteiger partial charge in [0.25, 0.3) is 5.91 Å². The number of hydrogen-bond acceptors (Lipinski definition) is 6. The van der Waals surface area contributed by atoms with Crippen LogP contribution in [0.4, 0.5) is 5.13 Å². The molecule has 0 saturated heterocycles. The number of nitrogens with one attached hydrogen (secondary N) is 1. The van der Waals surface area contributed by atoms with Crippen LogP contribution in [-0.2, 0) is 6.42 Å². The van der Waals surface area contributed by atoms with Crippen molar-refractivity contribution in [3.63, 3.8) is 0 Å². The van der Waals surface area contributed by atoms with Crippen molar-refractivity contribution in [1.82, 2.24) is 25.0 Å². The molecule has 8 heteroatoms. The molecule has 4 rings (SSSR count). The molecular formula is C17H14N6OS. The van der Waals surface area contributed by atoms with Crippen molar-refractivity contribution in [3.05, 3.63) is 70.5 Å². The lowest BCUT2D eigenvalue weighted by Crippen LogP contribution is -2.11. The first-order valence-electron chi connectivity index (χ1n) is 7.67. The highest BCUT2D eigenvalue weighted by Crippen LogP contribution is 2.20. The Kier molecular flexibility index (Phi) is 3.95. The van der Waals surface area contributed by atoms with Gasteiger partial charge < -0.3 is 0 Å². The third kappa shape index (κ3) is 3.24. The van der Waals surface area contributed by atoms with Crippen LogP contribution in [0.1, 0.15) is 26.5 Å². The van der Waals surface area contributed by atoms with Gasteiger partial charge in [-0.25, -0.2) is 0 Å². The third-order valence-corrected chi connectivity index (χ3v) is 4.55. The van der Waals surface area contributed by atoms with Crippen molar-refractivity contribution in [2.24, 2.45) is 0 Å². The summed E-state index contributed by atoms with van der Waals surface area (Å²) < 4.78 is 1.41. The second kappa shape index (κ2) is 6.40. The van der Waals surface area contributed by atoms with Gasteiger partial charge in [0.15, 0.2) is 0 Å². The molecule has 124 valence electrons. The number of aryl methyl sites for hydroxylation is 1. The van der Waals surface area contributed by atoms with E-state index in [9.17, 15) is 4.79 Å². The lowest BCUT2D eigenvalue weighted by molar-refractivity contribution is 0.102. The molecule has 0 aliphatic rings. The molecule has 0 aliphatic heterocycles. The maximum atomic E-state index is 12.4. The van der Waals surface area contributed by atoms with E-state index >= 15 is 0 Å². The molecule has 0 radical (unpaired) electrons. The predicted molar refractivity (Wildman–Crippen MR) is 94.8 cm³/mol. The second-order valence-electron chi connectivity index (χ2n) is 5.57. The Labute approximate surface area is 147 Å². The van der Waals surface area contributed by atoms with Gasteiger partial charge in [-0.2, -0.15) is 14.8 Å². The van der Waals surface area contributed by atoms with Crippen LogP contribution in [0.25, 0.3) is 5.52 Å². The Balaban J connectivity index is 1.49. The van der Waals surface area contributed by atoms with E-state index < -0.39 is 0 Å². The maximum absolute atomic E-state index is 12.4. The van der Waals surface area contributed by atoms with Gasteiger partial charge in [-0.05, 0) is 24.6 Å². The van der Waals surface area contributed by atoms with Gasteiger partial charge in [-0.15, -0.1) is 10.2 Å². The highest BCUT2D eigenvalue weighted by atomic mass is 32.1. The summed E-state index contributed by atoms with van der Waals surface area (Å²) in [5.41, 5.74) is 3.47. The number of anilines is 1. The molecule has 7 nitrogen and oxygen atoms in total. The number of fused-ring (bicyclic) bond motifs is 1. The molecule has 3 heterocycles. The number of hydrogen-bond donors (Lipinski definition) is 1. The lowest BCUT2D eigenvalue weighted by Gasteiger charge is -1.99. The fourth-order valence-corrected chi connectivity index (χ4v) is 3.20. The standard InChI is InChI=1S/C17H14N6OS/c1-11-4-6-12(7-5-11)9-15-21-22-17(25-15)20-16(24)13-10-19-23-14(13)3-2-8-18-23/h2-8,10H,9H2,1H3,(H,20,22,24). The fourth-order valence-electron chi connectivity index (χ4n) is 2.43. The van der Waals surface area contributed by atoms with Crippen molar-refractivity contribution >= 4 is 27.9 Å². The molecule has 25 heavy (non-hydrogen) atoms. The minimum Gasteiger partial charge on any atom is -0.296 e. The number of carbonyl (C=O) groups excluding carboxylic acids is 1. The van der Waals surface area contributed by atoms with Crippen LogP contribution in [0, 0.1) is 6.92 Å². The Hall–Kier alpha value is -3.13. The van der Waals surface area contributed by atoms with Crippen LogP contribution in [0.3, 0.4) is 0 Å². The Morgan fingerprint density at radius 3 is 2.84 bits per heavy atom. The van der Waals surface area contributed by atoms with Crippen molar-refractivity contribution < 1.29 is 4.79 Å². The summed E-state index contributed by atoms with van der Waals surface area (Å²) in [6.07, 6.45) is 3.80. The number of aromatic nitrogens is 5. The number of amides is 1. The first-order chi connectivity index (χ1) is 12.2. The highest BCUT2D eigenvalue weighted by Gasteiger charge is 2.15. The summed E-state index contributed by atoms with van der Waals surface area (Å²) >= 11 is 1.37. The van der Waals surface area contributed by atoms with Crippen LogP contribution >= 0.6 is 11.3 Å². The zero-order valence-electron chi connectivity index (χ0n) is 13.4. The van der Waals surface area contributed by atoms with Gasteiger partial charge in [0.05, 0.1) is 11.8 Å². The minimum atomic E-state index is -0.277. The van der Waals surface area contributed by atoms with Crippen LogP contribution in [-0.4, -0.2) is 30.9 Å². The summed E-state index contributed by atoms with van der Waals surface area (Å²) in [5, 5.41) is 20.4. The molecule has 1 aromatic carbocycles. The Morgan fingerprint density at radius 1 is 1.16 bits per heavy atom. The van der Waals surface area contributed by atoms with E-state index in [4.69, 9.17) is 0 Å². The molecule has 0 unspecified atom stereocenters. The zero-order valence-corrected chi connectivity index (χ0v) is 14.2. The number of nitrogens with zero attached hydrogens (tertiary/aromatic N) is 5. The normalized spacial score (nSPS) is 10.9. The molecule has 1 amide bonds. The molecule has 0 saturated carbocycles. The molecular weight excluding hydrogens is 336 g/mol. The van der Waals surface area contributed by atoms with Gasteiger partial charge in [0.1, 0.15) is 10.5 Å². The van der Waals surface area contributed by atoms with Crippen LogP contribution in [0.2, 0.25) is 0 Å². The average Bonchev–Trinajstić information content (AvgIpc) is 3.23. The highest BCUT2D eigenvalue weighted by molar-refractivity contribution is 7.15. The van der Waals surface area contributed by atoms with E-state index in [0.717, 1.165) is 10.6 Å². The summed E-state index contributed by atoms with van der Waals surface area (Å²) in [5.74, 6) is -0.277. The number of benzene rings is 1. The molecule has 0 bridgehead atoms. The first-order valence-corrected chi connectivity index (χ1v) is 8.49. The first kappa shape index (κ1) is 15.4. The number of rotatable bonds is 4. The van der Waals surface area contributed by atoms with Gasteiger partial charge in [0.2, 0.25) is 5.13 Å². The largest absolute Gasteiger partial charge is 0.296 e. The van der Waals surface area contributed by atoms with Crippen molar-refractivity contribution in [2.75, 3.05) is 5.32 Å². The summed E-state index contributed by atoms with van der Waals surface area (Å²) in [7, 11) is 0. The van der Waals surface area contributed by atoms with Gasteiger partial charge >= 0.3 is 0 Å². The van der Waals surface area contributed by atoms with Crippen LogP contribution in [0.15, 0.2) is 48.8 Å². The van der Waals surface area contributed by atoms with Crippen LogP contribution < -0.4 is 5.32 Å². The maximum Gasteiger partial charge on any atom is 0.261 e. The Bertz CT molecular complexity index is 1040. The third-order valence-electron chi connectivity index (χ3n) is 3.71. The van der Waals surface area contributed by atoms with Gasteiger partial charge in [-0.1, -0.05) is 41.2 Å².